The van der Waals surface area contributed by atoms with Crippen molar-refractivity contribution in [3.8, 4) is 34.0 Å². The summed E-state index contributed by atoms with van der Waals surface area (Å²) in [7, 11) is 0. The fourth-order valence-corrected chi connectivity index (χ4v) is 7.36. The van der Waals surface area contributed by atoms with Gasteiger partial charge in [0.25, 0.3) is 0 Å². The summed E-state index contributed by atoms with van der Waals surface area (Å²) in [6.45, 7) is 0. The van der Waals surface area contributed by atoms with Gasteiger partial charge in [-0.15, -0.1) is 0 Å². The van der Waals surface area contributed by atoms with Gasteiger partial charge in [-0.2, -0.15) is 0 Å². The lowest BCUT2D eigenvalue weighted by Crippen LogP contribution is -2.03. The number of fused-ring (bicyclic) bond motifs is 7. The van der Waals surface area contributed by atoms with E-state index in [0.717, 1.165) is 49.8 Å². The van der Waals surface area contributed by atoms with E-state index in [1.165, 1.54) is 32.8 Å². The molecule has 3 heterocycles. The van der Waals surface area contributed by atoms with Gasteiger partial charge in [-0.05, 0) is 59.7 Å². The van der Waals surface area contributed by atoms with E-state index in [0.29, 0.717) is 5.95 Å². The number of hydrogen-bond donors (Lipinski definition) is 0. The molecule has 0 aliphatic carbocycles. The topological polar surface area (TPSA) is 35.6 Å². The fourth-order valence-electron chi connectivity index (χ4n) is 7.36. The van der Waals surface area contributed by atoms with Gasteiger partial charge in [0.15, 0.2) is 0 Å². The summed E-state index contributed by atoms with van der Waals surface area (Å²) in [5.41, 5.74) is 10.9. The molecule has 4 heteroatoms. The lowest BCUT2D eigenvalue weighted by molar-refractivity contribution is 1.01. The van der Waals surface area contributed by atoms with Gasteiger partial charge in [-0.3, -0.25) is 4.57 Å². The number of nitrogens with zero attached hydrogens (tertiary/aromatic N) is 4. The van der Waals surface area contributed by atoms with E-state index in [9.17, 15) is 0 Å². The third kappa shape index (κ3) is 4.03. The van der Waals surface area contributed by atoms with Crippen LogP contribution in [0.15, 0.2) is 170 Å². The predicted octanol–water partition coefficient (Wildman–Crippen LogP) is 11.2. The number of hydrogen-bond acceptors (Lipinski definition) is 2. The van der Waals surface area contributed by atoms with Gasteiger partial charge in [0.1, 0.15) is 0 Å². The van der Waals surface area contributed by atoms with E-state index in [1.807, 2.05) is 12.1 Å². The van der Waals surface area contributed by atoms with Crippen LogP contribution in [0.25, 0.3) is 88.5 Å². The van der Waals surface area contributed by atoms with Crippen LogP contribution >= 0.6 is 0 Å². The smallest absolute Gasteiger partial charge is 0.235 e. The summed E-state index contributed by atoms with van der Waals surface area (Å²) < 4.78 is 4.60. The summed E-state index contributed by atoms with van der Waals surface area (Å²) in [4.78, 5) is 10.6. The van der Waals surface area contributed by atoms with Crippen molar-refractivity contribution in [2.75, 3.05) is 0 Å². The van der Waals surface area contributed by atoms with Gasteiger partial charge in [-0.1, -0.05) is 121 Å². The Hall–Kier alpha value is -6.52. The molecule has 0 aliphatic heterocycles. The Kier molecular flexibility index (Phi) is 5.84. The fraction of sp³-hybridized carbons (Fsp3) is 0. The summed E-state index contributed by atoms with van der Waals surface area (Å²) >= 11 is 0. The molecule has 10 aromatic rings. The van der Waals surface area contributed by atoms with Crippen molar-refractivity contribution in [3.63, 3.8) is 0 Å². The van der Waals surface area contributed by atoms with E-state index in [1.54, 1.807) is 0 Å². The molecule has 0 fully saturated rings. The van der Waals surface area contributed by atoms with Crippen LogP contribution in [0.2, 0.25) is 0 Å². The summed E-state index contributed by atoms with van der Waals surface area (Å²) in [5.74, 6) is 0.657. The molecule has 0 amide bonds. The second kappa shape index (κ2) is 10.5. The van der Waals surface area contributed by atoms with Crippen molar-refractivity contribution < 1.29 is 0 Å². The minimum Gasteiger partial charge on any atom is -0.309 e. The molecule has 0 aliphatic rings. The Morgan fingerprint density at radius 2 is 0.875 bits per heavy atom. The summed E-state index contributed by atoms with van der Waals surface area (Å²) in [5, 5.41) is 5.86. The third-order valence-electron chi connectivity index (χ3n) is 9.53. The molecule has 0 radical (unpaired) electrons. The molecule has 224 valence electrons. The first-order chi connectivity index (χ1) is 23.8. The summed E-state index contributed by atoms with van der Waals surface area (Å²) in [6, 6.07) is 60.1. The minimum atomic E-state index is 0.657. The maximum atomic E-state index is 5.35. The van der Waals surface area contributed by atoms with Crippen LogP contribution in [0, 0.1) is 0 Å². The molecular formula is C44H28N4. The standard InChI is InChI=1S/C44H28N4/c1-3-13-29(14-4-1)31-23-25-38-37(27-31)43(30-15-5-2-6-16-30)46-44(45-38)48-41-22-12-9-19-35(41)36-28-32(24-26-42(36)48)47-39-20-10-7-17-33(39)34-18-8-11-21-40(34)47/h1-28H. The predicted molar refractivity (Wildman–Crippen MR) is 199 cm³/mol. The highest BCUT2D eigenvalue weighted by atomic mass is 15.2. The molecule has 0 N–H and O–H groups in total. The molecule has 3 aromatic heterocycles. The quantitative estimate of drug-likeness (QED) is 0.198. The van der Waals surface area contributed by atoms with Crippen molar-refractivity contribution in [1.29, 1.82) is 0 Å². The molecule has 0 bridgehead atoms. The average molecular weight is 613 g/mol. The molecule has 7 aromatic carbocycles. The molecule has 0 spiro atoms. The van der Waals surface area contributed by atoms with E-state index < -0.39 is 0 Å². The van der Waals surface area contributed by atoms with Crippen LogP contribution in [0.3, 0.4) is 0 Å². The van der Waals surface area contributed by atoms with Gasteiger partial charge >= 0.3 is 0 Å². The normalized spacial score (nSPS) is 11.8. The van der Waals surface area contributed by atoms with E-state index in [2.05, 4.69) is 167 Å². The highest BCUT2D eigenvalue weighted by molar-refractivity contribution is 6.12. The minimum absolute atomic E-state index is 0.657. The zero-order chi connectivity index (χ0) is 31.6. The molecule has 4 nitrogen and oxygen atoms in total. The lowest BCUT2D eigenvalue weighted by atomic mass is 10.0. The Morgan fingerprint density at radius 3 is 1.54 bits per heavy atom. The lowest BCUT2D eigenvalue weighted by Gasteiger charge is -2.13. The van der Waals surface area contributed by atoms with Crippen molar-refractivity contribution in [2.45, 2.75) is 0 Å². The van der Waals surface area contributed by atoms with E-state index >= 15 is 0 Å². The van der Waals surface area contributed by atoms with Gasteiger partial charge in [0, 0.05) is 38.2 Å². The van der Waals surface area contributed by atoms with Crippen molar-refractivity contribution in [2.24, 2.45) is 0 Å². The van der Waals surface area contributed by atoms with Crippen LogP contribution < -0.4 is 0 Å². The van der Waals surface area contributed by atoms with Crippen molar-refractivity contribution in [3.05, 3.63) is 170 Å². The average Bonchev–Trinajstić information content (AvgIpc) is 3.67. The summed E-state index contributed by atoms with van der Waals surface area (Å²) in [6.07, 6.45) is 0. The number of aromatic nitrogens is 4. The first-order valence-corrected chi connectivity index (χ1v) is 16.3. The Balaban J connectivity index is 1.23. The van der Waals surface area contributed by atoms with Gasteiger partial charge in [0.2, 0.25) is 5.95 Å². The monoisotopic (exact) mass is 612 g/mol. The second-order valence-electron chi connectivity index (χ2n) is 12.3. The highest BCUT2D eigenvalue weighted by Crippen LogP contribution is 2.38. The molecule has 0 atom stereocenters. The van der Waals surface area contributed by atoms with E-state index in [-0.39, 0.29) is 0 Å². The van der Waals surface area contributed by atoms with Gasteiger partial charge in [0.05, 0.1) is 33.3 Å². The third-order valence-corrected chi connectivity index (χ3v) is 9.53. The zero-order valence-electron chi connectivity index (χ0n) is 26.0. The first kappa shape index (κ1) is 26.7. The van der Waals surface area contributed by atoms with Crippen LogP contribution in [0.4, 0.5) is 0 Å². The van der Waals surface area contributed by atoms with Crippen LogP contribution in [0.1, 0.15) is 0 Å². The van der Waals surface area contributed by atoms with Crippen LogP contribution in [0.5, 0.6) is 0 Å². The highest BCUT2D eigenvalue weighted by Gasteiger charge is 2.19. The molecular weight excluding hydrogens is 585 g/mol. The zero-order valence-corrected chi connectivity index (χ0v) is 26.0. The Labute approximate surface area is 276 Å². The van der Waals surface area contributed by atoms with Crippen molar-refractivity contribution >= 4 is 54.5 Å². The van der Waals surface area contributed by atoms with Gasteiger partial charge < -0.3 is 4.57 Å². The largest absolute Gasteiger partial charge is 0.309 e. The SMILES string of the molecule is c1ccc(-c2ccc3nc(-n4c5ccccc5c5cc(-n6c7ccccc7c7ccccc76)ccc54)nc(-c4ccccc4)c3c2)cc1. The van der Waals surface area contributed by atoms with Crippen molar-refractivity contribution in [1.82, 2.24) is 19.1 Å². The molecule has 0 saturated carbocycles. The van der Waals surface area contributed by atoms with Crippen LogP contribution in [-0.4, -0.2) is 19.1 Å². The Morgan fingerprint density at radius 1 is 0.333 bits per heavy atom. The second-order valence-corrected chi connectivity index (χ2v) is 12.3. The maximum absolute atomic E-state index is 5.35. The molecule has 10 rings (SSSR count). The van der Waals surface area contributed by atoms with Crippen LogP contribution in [-0.2, 0) is 0 Å². The molecule has 48 heavy (non-hydrogen) atoms. The molecule has 0 saturated heterocycles. The van der Waals surface area contributed by atoms with E-state index in [4.69, 9.17) is 9.97 Å². The first-order valence-electron chi connectivity index (χ1n) is 16.3. The number of rotatable bonds is 4. The van der Waals surface area contributed by atoms with Gasteiger partial charge in [-0.25, -0.2) is 9.97 Å². The number of benzene rings is 7. The maximum Gasteiger partial charge on any atom is 0.235 e. The number of para-hydroxylation sites is 3. The Bertz CT molecular complexity index is 2770. The molecule has 0 unspecified atom stereocenters.